The molecule has 0 aliphatic carbocycles. The van der Waals surface area contributed by atoms with Gasteiger partial charge < -0.3 is 10.2 Å². The van der Waals surface area contributed by atoms with Gasteiger partial charge in [0.1, 0.15) is 18.4 Å². The highest BCUT2D eigenvalue weighted by Gasteiger charge is 2.31. The molecule has 0 saturated heterocycles. The van der Waals surface area contributed by atoms with Crippen LogP contribution in [-0.4, -0.2) is 50.5 Å². The van der Waals surface area contributed by atoms with E-state index in [1.54, 1.807) is 38.1 Å². The van der Waals surface area contributed by atoms with E-state index in [4.69, 9.17) is 0 Å². The van der Waals surface area contributed by atoms with Gasteiger partial charge >= 0.3 is 0 Å². The summed E-state index contributed by atoms with van der Waals surface area (Å²) in [5.74, 6) is -1.27. The summed E-state index contributed by atoms with van der Waals surface area (Å²) in [5.41, 5.74) is 0.983. The van der Waals surface area contributed by atoms with Crippen molar-refractivity contribution in [3.05, 3.63) is 63.5 Å². The molecule has 0 saturated carbocycles. The fourth-order valence-electron chi connectivity index (χ4n) is 3.22. The predicted molar refractivity (Wildman–Crippen MR) is 131 cm³/mol. The van der Waals surface area contributed by atoms with Crippen LogP contribution in [0.25, 0.3) is 0 Å². The maximum Gasteiger partial charge on any atom is 0.244 e. The monoisotopic (exact) mass is 575 g/mol. The third-order valence-corrected chi connectivity index (χ3v) is 6.66. The first-order valence-corrected chi connectivity index (χ1v) is 13.0. The summed E-state index contributed by atoms with van der Waals surface area (Å²) < 4.78 is 40.2. The van der Waals surface area contributed by atoms with Crippen LogP contribution in [0.15, 0.2) is 48.5 Å². The molecule has 2 rings (SSSR count). The molecule has 7 nitrogen and oxygen atoms in total. The Kier molecular flexibility index (Phi) is 9.44. The Labute approximate surface area is 202 Å². The van der Waals surface area contributed by atoms with Crippen LogP contribution >= 0.6 is 22.6 Å². The molecule has 0 fully saturated rings. The molecule has 0 heterocycles. The lowest BCUT2D eigenvalue weighted by Crippen LogP contribution is -2.52. The molecule has 0 spiro atoms. The molecule has 0 aliphatic heterocycles. The second-order valence-corrected chi connectivity index (χ2v) is 10.4. The SMILES string of the molecule is CCNC(=O)C(CC)N(Cc1ccc(F)cc1)C(=O)CN(c1ccc(I)cc1)S(C)(=O)=O. The summed E-state index contributed by atoms with van der Waals surface area (Å²) in [5, 5.41) is 2.72. The van der Waals surface area contributed by atoms with Crippen molar-refractivity contribution in [3.63, 3.8) is 0 Å². The van der Waals surface area contributed by atoms with Crippen LogP contribution < -0.4 is 9.62 Å². The van der Waals surface area contributed by atoms with E-state index in [1.807, 2.05) is 0 Å². The average molecular weight is 575 g/mol. The normalized spacial score (nSPS) is 12.2. The molecule has 32 heavy (non-hydrogen) atoms. The lowest BCUT2D eigenvalue weighted by atomic mass is 10.1. The topological polar surface area (TPSA) is 86.8 Å². The van der Waals surface area contributed by atoms with Crippen LogP contribution in [-0.2, 0) is 26.2 Å². The van der Waals surface area contributed by atoms with E-state index in [0.29, 0.717) is 24.2 Å². The van der Waals surface area contributed by atoms with Crippen LogP contribution in [0.3, 0.4) is 0 Å². The van der Waals surface area contributed by atoms with Crippen molar-refractivity contribution in [2.75, 3.05) is 23.7 Å². The zero-order valence-corrected chi connectivity index (χ0v) is 21.2. The molecule has 1 unspecified atom stereocenters. The first-order chi connectivity index (χ1) is 15.1. The fourth-order valence-corrected chi connectivity index (χ4v) is 4.43. The fraction of sp³-hybridized carbons (Fsp3) is 0.364. The van der Waals surface area contributed by atoms with Crippen molar-refractivity contribution in [1.29, 1.82) is 0 Å². The molecule has 10 heteroatoms. The third kappa shape index (κ3) is 7.16. The van der Waals surface area contributed by atoms with Crippen molar-refractivity contribution in [1.82, 2.24) is 10.2 Å². The summed E-state index contributed by atoms with van der Waals surface area (Å²) >= 11 is 2.11. The lowest BCUT2D eigenvalue weighted by molar-refractivity contribution is -0.140. The third-order valence-electron chi connectivity index (χ3n) is 4.80. The Bertz CT molecular complexity index is 1030. The first kappa shape index (κ1) is 26.0. The van der Waals surface area contributed by atoms with Crippen molar-refractivity contribution < 1.29 is 22.4 Å². The van der Waals surface area contributed by atoms with E-state index in [2.05, 4.69) is 27.9 Å². The predicted octanol–water partition coefficient (Wildman–Crippen LogP) is 3.14. The van der Waals surface area contributed by atoms with Crippen molar-refractivity contribution in [2.24, 2.45) is 0 Å². The van der Waals surface area contributed by atoms with E-state index in [0.717, 1.165) is 14.1 Å². The zero-order valence-electron chi connectivity index (χ0n) is 18.2. The largest absolute Gasteiger partial charge is 0.355 e. The maximum atomic E-state index is 13.4. The van der Waals surface area contributed by atoms with E-state index >= 15 is 0 Å². The van der Waals surface area contributed by atoms with Crippen LogP contribution in [0.5, 0.6) is 0 Å². The second-order valence-electron chi connectivity index (χ2n) is 7.21. The van der Waals surface area contributed by atoms with Crippen molar-refractivity contribution >= 4 is 50.1 Å². The molecule has 0 bridgehead atoms. The summed E-state index contributed by atoms with van der Waals surface area (Å²) in [6, 6.07) is 11.6. The summed E-state index contributed by atoms with van der Waals surface area (Å²) in [6.45, 7) is 3.53. The van der Waals surface area contributed by atoms with Gasteiger partial charge in [-0.2, -0.15) is 0 Å². The number of amides is 2. The molecular weight excluding hydrogens is 548 g/mol. The minimum Gasteiger partial charge on any atom is -0.355 e. The van der Waals surface area contributed by atoms with Crippen LogP contribution in [0.4, 0.5) is 10.1 Å². The molecule has 1 atom stereocenters. The Morgan fingerprint density at radius 3 is 2.16 bits per heavy atom. The summed E-state index contributed by atoms with van der Waals surface area (Å²) in [6.07, 6.45) is 1.37. The minimum atomic E-state index is -3.77. The van der Waals surface area contributed by atoms with Gasteiger partial charge in [0.15, 0.2) is 0 Å². The standard InChI is InChI=1S/C22H27FIN3O4S/c1-4-20(22(29)25-5-2)26(14-16-6-8-17(23)9-7-16)21(28)15-27(32(3,30)31)19-12-10-18(24)11-13-19/h6-13,20H,4-5,14-15H2,1-3H3,(H,25,29). The van der Waals surface area contributed by atoms with E-state index in [9.17, 15) is 22.4 Å². The minimum absolute atomic E-state index is 0.0407. The van der Waals surface area contributed by atoms with Crippen LogP contribution in [0, 0.1) is 9.39 Å². The number of nitrogens with one attached hydrogen (secondary N) is 1. The number of hydrogen-bond donors (Lipinski definition) is 1. The maximum absolute atomic E-state index is 13.4. The molecule has 2 amide bonds. The number of likely N-dealkylation sites (N-methyl/N-ethyl adjacent to an activating group) is 1. The van der Waals surface area contributed by atoms with E-state index in [1.165, 1.54) is 29.2 Å². The number of halogens is 2. The molecule has 0 radical (unpaired) electrons. The number of benzene rings is 2. The lowest BCUT2D eigenvalue weighted by Gasteiger charge is -2.32. The zero-order chi connectivity index (χ0) is 23.9. The Balaban J connectivity index is 2.40. The molecule has 1 N–H and O–H groups in total. The Hall–Kier alpha value is -2.21. The smallest absolute Gasteiger partial charge is 0.244 e. The number of nitrogens with zero attached hydrogens (tertiary/aromatic N) is 2. The number of hydrogen-bond acceptors (Lipinski definition) is 4. The highest BCUT2D eigenvalue weighted by atomic mass is 127. The van der Waals surface area contributed by atoms with Gasteiger partial charge in [-0.15, -0.1) is 0 Å². The van der Waals surface area contributed by atoms with Crippen LogP contribution in [0.2, 0.25) is 0 Å². The number of sulfonamides is 1. The summed E-state index contributed by atoms with van der Waals surface area (Å²) in [4.78, 5) is 27.4. The molecule has 0 aliphatic rings. The number of rotatable bonds is 10. The van der Waals surface area contributed by atoms with E-state index < -0.39 is 34.3 Å². The molecule has 0 aromatic heterocycles. The summed E-state index contributed by atoms with van der Waals surface area (Å²) in [7, 11) is -3.77. The number of carbonyl (C=O) groups excluding carboxylic acids is 2. The Morgan fingerprint density at radius 1 is 1.06 bits per heavy atom. The van der Waals surface area contributed by atoms with Crippen molar-refractivity contribution in [3.8, 4) is 0 Å². The highest BCUT2D eigenvalue weighted by Crippen LogP contribution is 2.21. The molecular formula is C22H27FIN3O4S. The highest BCUT2D eigenvalue weighted by molar-refractivity contribution is 14.1. The quantitative estimate of drug-likeness (QED) is 0.442. The second kappa shape index (κ2) is 11.6. The number of carbonyl (C=O) groups is 2. The van der Waals surface area contributed by atoms with Crippen LogP contribution in [0.1, 0.15) is 25.8 Å². The Morgan fingerprint density at radius 2 is 1.66 bits per heavy atom. The number of anilines is 1. The molecule has 2 aromatic rings. The van der Waals surface area contributed by atoms with Gasteiger partial charge in [-0.05, 0) is 77.9 Å². The molecule has 2 aromatic carbocycles. The van der Waals surface area contributed by atoms with Gasteiger partial charge in [0.25, 0.3) is 0 Å². The van der Waals surface area contributed by atoms with Gasteiger partial charge in [0, 0.05) is 16.7 Å². The van der Waals surface area contributed by atoms with Gasteiger partial charge in [-0.3, -0.25) is 13.9 Å². The molecule has 174 valence electrons. The van der Waals surface area contributed by atoms with Gasteiger partial charge in [-0.1, -0.05) is 19.1 Å². The van der Waals surface area contributed by atoms with E-state index in [-0.39, 0.29) is 12.5 Å². The van der Waals surface area contributed by atoms with Crippen molar-refractivity contribution in [2.45, 2.75) is 32.9 Å². The van der Waals surface area contributed by atoms with Gasteiger partial charge in [-0.25, -0.2) is 12.8 Å². The average Bonchev–Trinajstić information content (AvgIpc) is 2.73. The van der Waals surface area contributed by atoms with Gasteiger partial charge in [0.2, 0.25) is 21.8 Å². The first-order valence-electron chi connectivity index (χ1n) is 10.1. The van der Waals surface area contributed by atoms with Gasteiger partial charge in [0.05, 0.1) is 11.9 Å².